The highest BCUT2D eigenvalue weighted by Crippen LogP contribution is 2.36. The highest BCUT2D eigenvalue weighted by atomic mass is 32.2. The number of ether oxygens (including phenoxy) is 2. The van der Waals surface area contributed by atoms with Crippen molar-refractivity contribution in [2.24, 2.45) is 0 Å². The fraction of sp³-hybridized carbons (Fsp3) is 0.133. The number of imide groups is 1. The van der Waals surface area contributed by atoms with Gasteiger partial charge in [0.15, 0.2) is 11.5 Å². The summed E-state index contributed by atoms with van der Waals surface area (Å²) in [5.41, 5.74) is 2.76. The normalized spacial score (nSPS) is 14.6. The van der Waals surface area contributed by atoms with Gasteiger partial charge in [0, 0.05) is 0 Å². The number of carbonyl (C=O) groups is 2. The Kier molecular flexibility index (Phi) is 7.05. The third kappa shape index (κ3) is 5.14. The van der Waals surface area contributed by atoms with Gasteiger partial charge in [-0.1, -0.05) is 78.9 Å². The number of thioether (sulfide) groups is 1. The van der Waals surface area contributed by atoms with Crippen LogP contribution in [0.5, 0.6) is 11.5 Å². The van der Waals surface area contributed by atoms with Crippen LogP contribution in [0.4, 0.5) is 4.79 Å². The third-order valence-electron chi connectivity index (χ3n) is 5.88. The molecule has 0 bridgehead atoms. The van der Waals surface area contributed by atoms with Crippen molar-refractivity contribution in [2.45, 2.75) is 20.1 Å². The number of amides is 2. The van der Waals surface area contributed by atoms with E-state index < -0.39 is 0 Å². The van der Waals surface area contributed by atoms with Gasteiger partial charge in [-0.25, -0.2) is 0 Å². The van der Waals surface area contributed by atoms with Gasteiger partial charge >= 0.3 is 0 Å². The van der Waals surface area contributed by atoms with Crippen molar-refractivity contribution in [1.82, 2.24) is 4.90 Å². The Hall–Kier alpha value is -4.03. The van der Waals surface area contributed by atoms with E-state index in [4.69, 9.17) is 9.47 Å². The van der Waals surface area contributed by atoms with Crippen LogP contribution >= 0.6 is 11.8 Å². The molecule has 1 aliphatic rings. The highest BCUT2D eigenvalue weighted by Gasteiger charge is 2.35. The molecule has 6 heteroatoms. The van der Waals surface area contributed by atoms with E-state index in [1.54, 1.807) is 6.08 Å². The number of nitrogens with zero attached hydrogens (tertiary/aromatic N) is 1. The summed E-state index contributed by atoms with van der Waals surface area (Å²) in [6, 6.07) is 29.3. The number of fused-ring (bicyclic) bond motifs is 1. The minimum Gasteiger partial charge on any atom is -0.490 e. The number of rotatable bonds is 8. The fourth-order valence-electron chi connectivity index (χ4n) is 4.13. The van der Waals surface area contributed by atoms with E-state index in [2.05, 4.69) is 0 Å². The Balaban J connectivity index is 1.35. The maximum atomic E-state index is 13.2. The smallest absolute Gasteiger partial charge is 0.293 e. The maximum Gasteiger partial charge on any atom is 0.293 e. The first-order chi connectivity index (χ1) is 17.6. The summed E-state index contributed by atoms with van der Waals surface area (Å²) in [6.07, 6.45) is 1.73. The summed E-state index contributed by atoms with van der Waals surface area (Å²) in [4.78, 5) is 27.6. The number of hydrogen-bond donors (Lipinski definition) is 0. The minimum atomic E-state index is -0.291. The molecule has 180 valence electrons. The molecule has 0 saturated carbocycles. The number of hydrogen-bond acceptors (Lipinski definition) is 5. The Morgan fingerprint density at radius 1 is 0.833 bits per heavy atom. The summed E-state index contributed by atoms with van der Waals surface area (Å²) in [7, 11) is 0. The molecule has 5 nitrogen and oxygen atoms in total. The van der Waals surface area contributed by atoms with E-state index in [0.717, 1.165) is 39.2 Å². The molecule has 0 aromatic heterocycles. The van der Waals surface area contributed by atoms with Gasteiger partial charge in [0.1, 0.15) is 6.61 Å². The second-order valence-corrected chi connectivity index (χ2v) is 9.31. The average Bonchev–Trinajstić information content (AvgIpc) is 3.16. The molecule has 0 N–H and O–H groups in total. The molecule has 0 aliphatic carbocycles. The van der Waals surface area contributed by atoms with E-state index in [-0.39, 0.29) is 17.7 Å². The summed E-state index contributed by atoms with van der Waals surface area (Å²) < 4.78 is 11.8. The molecule has 0 spiro atoms. The van der Waals surface area contributed by atoms with E-state index >= 15 is 0 Å². The summed E-state index contributed by atoms with van der Waals surface area (Å²) >= 11 is 0.959. The quantitative estimate of drug-likeness (QED) is 0.245. The summed E-state index contributed by atoms with van der Waals surface area (Å²) in [5.74, 6) is 0.930. The molecule has 1 fully saturated rings. The van der Waals surface area contributed by atoms with Crippen molar-refractivity contribution in [3.63, 3.8) is 0 Å². The molecule has 0 atom stereocenters. The van der Waals surface area contributed by atoms with Crippen LogP contribution < -0.4 is 9.47 Å². The van der Waals surface area contributed by atoms with E-state index in [1.165, 1.54) is 4.90 Å². The van der Waals surface area contributed by atoms with Crippen LogP contribution in [0.2, 0.25) is 0 Å². The molecular formula is C30H25NO4S. The second kappa shape index (κ2) is 10.7. The van der Waals surface area contributed by atoms with E-state index in [9.17, 15) is 9.59 Å². The van der Waals surface area contributed by atoms with Gasteiger partial charge in [-0.15, -0.1) is 0 Å². The molecular weight excluding hydrogens is 470 g/mol. The molecule has 4 aromatic carbocycles. The lowest BCUT2D eigenvalue weighted by Gasteiger charge is -2.14. The van der Waals surface area contributed by atoms with Crippen molar-refractivity contribution in [2.75, 3.05) is 6.61 Å². The lowest BCUT2D eigenvalue weighted by molar-refractivity contribution is -0.123. The maximum absolute atomic E-state index is 13.2. The van der Waals surface area contributed by atoms with Crippen LogP contribution in [0, 0.1) is 0 Å². The third-order valence-corrected chi connectivity index (χ3v) is 6.79. The Labute approximate surface area is 214 Å². The summed E-state index contributed by atoms with van der Waals surface area (Å²) in [5, 5.41) is 1.85. The molecule has 1 saturated heterocycles. The van der Waals surface area contributed by atoms with Crippen LogP contribution in [-0.4, -0.2) is 22.7 Å². The predicted molar refractivity (Wildman–Crippen MR) is 144 cm³/mol. The largest absolute Gasteiger partial charge is 0.490 e. The average molecular weight is 496 g/mol. The zero-order chi connectivity index (χ0) is 24.9. The van der Waals surface area contributed by atoms with Gasteiger partial charge in [-0.3, -0.25) is 14.5 Å². The Morgan fingerprint density at radius 3 is 2.44 bits per heavy atom. The number of benzene rings is 4. The lowest BCUT2D eigenvalue weighted by Crippen LogP contribution is -2.27. The van der Waals surface area contributed by atoms with E-state index in [0.29, 0.717) is 29.6 Å². The molecule has 1 aliphatic heterocycles. The molecule has 2 amide bonds. The summed E-state index contributed by atoms with van der Waals surface area (Å²) in [6.45, 7) is 3.05. The predicted octanol–water partition coefficient (Wildman–Crippen LogP) is 7.05. The molecule has 4 aromatic rings. The SMILES string of the molecule is CCOc1cc(/C=C2\SC(=O)N(Cc3cccc4ccccc34)C2=O)ccc1OCc1ccccc1. The Bertz CT molecular complexity index is 1440. The fourth-order valence-corrected chi connectivity index (χ4v) is 4.96. The van der Waals surface area contributed by atoms with Crippen LogP contribution in [0.15, 0.2) is 95.9 Å². The molecule has 36 heavy (non-hydrogen) atoms. The van der Waals surface area contributed by atoms with Gasteiger partial charge in [0.2, 0.25) is 0 Å². The standard InChI is InChI=1S/C30H25NO4S/c1-2-34-27-17-22(15-16-26(27)35-20-21-9-4-3-5-10-21)18-28-29(32)31(30(33)36-28)19-24-13-8-12-23-11-6-7-14-25(23)24/h3-18H,2,19-20H2,1H3/b28-18-. The van der Waals surface area contributed by atoms with Gasteiger partial charge in [0.25, 0.3) is 11.1 Å². The first-order valence-corrected chi connectivity index (χ1v) is 12.6. The first-order valence-electron chi connectivity index (χ1n) is 11.8. The van der Waals surface area contributed by atoms with Gasteiger partial charge < -0.3 is 9.47 Å². The van der Waals surface area contributed by atoms with Crippen molar-refractivity contribution in [3.8, 4) is 11.5 Å². The minimum absolute atomic E-state index is 0.236. The highest BCUT2D eigenvalue weighted by molar-refractivity contribution is 8.18. The first kappa shape index (κ1) is 23.7. The van der Waals surface area contributed by atoms with Crippen LogP contribution in [0.1, 0.15) is 23.6 Å². The molecule has 0 unspecified atom stereocenters. The van der Waals surface area contributed by atoms with Crippen molar-refractivity contribution in [1.29, 1.82) is 0 Å². The lowest BCUT2D eigenvalue weighted by atomic mass is 10.0. The van der Waals surface area contributed by atoms with Crippen molar-refractivity contribution >= 4 is 39.8 Å². The Morgan fingerprint density at radius 2 is 1.61 bits per heavy atom. The van der Waals surface area contributed by atoms with Gasteiger partial charge in [-0.2, -0.15) is 0 Å². The van der Waals surface area contributed by atoms with Crippen molar-refractivity contribution in [3.05, 3.63) is 113 Å². The van der Waals surface area contributed by atoms with Gasteiger partial charge in [-0.05, 0) is 64.4 Å². The second-order valence-electron chi connectivity index (χ2n) is 8.32. The zero-order valence-corrected chi connectivity index (χ0v) is 20.7. The topological polar surface area (TPSA) is 55.8 Å². The molecule has 1 heterocycles. The molecule has 0 radical (unpaired) electrons. The molecule has 5 rings (SSSR count). The van der Waals surface area contributed by atoms with Gasteiger partial charge in [0.05, 0.1) is 18.1 Å². The van der Waals surface area contributed by atoms with Crippen LogP contribution in [0.3, 0.4) is 0 Å². The monoisotopic (exact) mass is 495 g/mol. The van der Waals surface area contributed by atoms with E-state index in [1.807, 2.05) is 97.9 Å². The number of carbonyl (C=O) groups excluding carboxylic acids is 2. The van der Waals surface area contributed by atoms with Crippen LogP contribution in [-0.2, 0) is 17.9 Å². The van der Waals surface area contributed by atoms with Crippen LogP contribution in [0.25, 0.3) is 16.8 Å². The zero-order valence-electron chi connectivity index (χ0n) is 19.8. The van der Waals surface area contributed by atoms with Crippen molar-refractivity contribution < 1.29 is 19.1 Å².